The lowest BCUT2D eigenvalue weighted by atomic mass is 9.95. The van der Waals surface area contributed by atoms with E-state index < -0.39 is 0 Å². The van der Waals surface area contributed by atoms with Crippen LogP contribution in [0.3, 0.4) is 0 Å². The Morgan fingerprint density at radius 2 is 2.18 bits per heavy atom. The smallest absolute Gasteiger partial charge is 0.0125 e. The number of hydrogen-bond donors (Lipinski definition) is 0. The molecular weight excluding hydrogens is 204 g/mol. The first-order valence-corrected chi connectivity index (χ1v) is 6.96. The average Bonchev–Trinajstić information content (AvgIpc) is 3.02. The molecule has 0 aliphatic heterocycles. The maximum atomic E-state index is 3.75. The van der Waals surface area contributed by atoms with Gasteiger partial charge in [0.25, 0.3) is 0 Å². The van der Waals surface area contributed by atoms with Gasteiger partial charge in [0, 0.05) is 0 Å². The highest BCUT2D eigenvalue weighted by molar-refractivity contribution is 5.37. The van der Waals surface area contributed by atoms with Crippen LogP contribution in [0.1, 0.15) is 45.4 Å². The molecule has 0 heteroatoms. The van der Waals surface area contributed by atoms with E-state index in [1.54, 1.807) is 11.1 Å². The zero-order chi connectivity index (χ0) is 12.1. The van der Waals surface area contributed by atoms with E-state index >= 15 is 0 Å². The van der Waals surface area contributed by atoms with Crippen LogP contribution in [0, 0.1) is 11.8 Å². The maximum absolute atomic E-state index is 3.75. The first kappa shape index (κ1) is 12.4. The van der Waals surface area contributed by atoms with Crippen molar-refractivity contribution < 1.29 is 0 Å². The van der Waals surface area contributed by atoms with Gasteiger partial charge in [0.1, 0.15) is 0 Å². The van der Waals surface area contributed by atoms with Crippen LogP contribution >= 0.6 is 0 Å². The lowest BCUT2D eigenvalue weighted by Crippen LogP contribution is -1.96. The Morgan fingerprint density at radius 3 is 2.53 bits per heavy atom. The van der Waals surface area contributed by atoms with Crippen LogP contribution in [0.4, 0.5) is 0 Å². The van der Waals surface area contributed by atoms with E-state index in [1.807, 2.05) is 0 Å². The van der Waals surface area contributed by atoms with Crippen molar-refractivity contribution in [1.82, 2.24) is 0 Å². The van der Waals surface area contributed by atoms with Gasteiger partial charge in [-0.25, -0.2) is 0 Å². The summed E-state index contributed by atoms with van der Waals surface area (Å²) in [5.74, 6) is 1.69. The third kappa shape index (κ3) is 3.21. The topological polar surface area (TPSA) is 0 Å². The Kier molecular flexibility index (Phi) is 4.42. The molecule has 2 atom stereocenters. The second-order valence-electron chi connectivity index (χ2n) is 5.31. The summed E-state index contributed by atoms with van der Waals surface area (Å²) in [6.07, 6.45) is 19.1. The fourth-order valence-corrected chi connectivity index (χ4v) is 3.00. The van der Waals surface area contributed by atoms with Crippen molar-refractivity contribution >= 4 is 0 Å². The standard InChI is InChI=1S/C9H12.C8H12/c1-2-8-5-7-3-4-9(8)6-7;1-2-8-6-4-3-5-7-8/h2,5,9H,3-4,6H2,1H3;2-4,8H,1,5-7H2/b8-2+;. The van der Waals surface area contributed by atoms with Crippen molar-refractivity contribution in [1.29, 1.82) is 0 Å². The van der Waals surface area contributed by atoms with E-state index in [0.717, 1.165) is 11.8 Å². The van der Waals surface area contributed by atoms with Crippen molar-refractivity contribution in [2.75, 3.05) is 0 Å². The molecule has 0 heterocycles. The van der Waals surface area contributed by atoms with Gasteiger partial charge in [-0.05, 0) is 62.9 Å². The van der Waals surface area contributed by atoms with Crippen LogP contribution in [0.15, 0.2) is 48.1 Å². The van der Waals surface area contributed by atoms with Crippen LogP contribution in [0.5, 0.6) is 0 Å². The van der Waals surface area contributed by atoms with Crippen LogP contribution < -0.4 is 0 Å². The Bertz CT molecular complexity index is 354. The molecule has 2 unspecified atom stereocenters. The highest BCUT2D eigenvalue weighted by atomic mass is 14.3. The Hall–Kier alpha value is -1.04. The number of allylic oxidation sites excluding steroid dienone is 7. The summed E-state index contributed by atoms with van der Waals surface area (Å²) in [6, 6.07) is 0. The monoisotopic (exact) mass is 228 g/mol. The number of rotatable bonds is 1. The lowest BCUT2D eigenvalue weighted by Gasteiger charge is -2.11. The van der Waals surface area contributed by atoms with Crippen LogP contribution in [0.2, 0.25) is 0 Å². The molecule has 0 saturated heterocycles. The summed E-state index contributed by atoms with van der Waals surface area (Å²) in [7, 11) is 0. The molecular formula is C17H24. The molecule has 0 nitrogen and oxygen atoms in total. The van der Waals surface area contributed by atoms with Gasteiger partial charge in [-0.2, -0.15) is 0 Å². The molecule has 0 spiro atoms. The van der Waals surface area contributed by atoms with Gasteiger partial charge in [-0.15, -0.1) is 6.58 Å². The highest BCUT2D eigenvalue weighted by Gasteiger charge is 2.27. The molecule has 3 rings (SSSR count). The first-order valence-electron chi connectivity index (χ1n) is 6.96. The van der Waals surface area contributed by atoms with Crippen molar-refractivity contribution in [3.05, 3.63) is 48.1 Å². The zero-order valence-corrected chi connectivity index (χ0v) is 11.0. The van der Waals surface area contributed by atoms with Gasteiger partial charge in [0.05, 0.1) is 0 Å². The molecule has 0 N–H and O–H groups in total. The van der Waals surface area contributed by atoms with E-state index in [9.17, 15) is 0 Å². The first-order chi connectivity index (χ1) is 8.33. The fraction of sp³-hybridized carbons (Fsp3) is 0.529. The molecule has 1 fully saturated rings. The molecule has 92 valence electrons. The van der Waals surface area contributed by atoms with Crippen LogP contribution in [-0.2, 0) is 0 Å². The molecule has 1 saturated carbocycles. The molecule has 0 amide bonds. The molecule has 0 aromatic rings. The van der Waals surface area contributed by atoms with Gasteiger partial charge < -0.3 is 0 Å². The van der Waals surface area contributed by atoms with E-state index in [1.165, 1.54) is 38.5 Å². The summed E-state index contributed by atoms with van der Waals surface area (Å²) >= 11 is 0. The van der Waals surface area contributed by atoms with Gasteiger partial charge in [-0.3, -0.25) is 0 Å². The molecule has 3 aliphatic rings. The maximum Gasteiger partial charge on any atom is -0.0125 e. The van der Waals surface area contributed by atoms with E-state index in [2.05, 4.69) is 43.9 Å². The predicted molar refractivity (Wildman–Crippen MR) is 75.9 cm³/mol. The Balaban J connectivity index is 0.000000128. The minimum absolute atomic E-state index is 0.764. The molecule has 0 aromatic carbocycles. The summed E-state index contributed by atoms with van der Waals surface area (Å²) in [6.45, 7) is 5.90. The third-order valence-electron chi connectivity index (χ3n) is 4.14. The normalized spacial score (nSPS) is 32.1. The van der Waals surface area contributed by atoms with Gasteiger partial charge >= 0.3 is 0 Å². The average molecular weight is 228 g/mol. The summed E-state index contributed by atoms with van der Waals surface area (Å²) in [4.78, 5) is 0. The summed E-state index contributed by atoms with van der Waals surface area (Å²) in [5.41, 5.74) is 3.28. The third-order valence-corrected chi connectivity index (χ3v) is 4.14. The van der Waals surface area contributed by atoms with Crippen molar-refractivity contribution in [2.45, 2.75) is 45.4 Å². The molecule has 3 aliphatic carbocycles. The second kappa shape index (κ2) is 6.05. The number of fused-ring (bicyclic) bond motifs is 2. The Morgan fingerprint density at radius 1 is 1.29 bits per heavy atom. The molecule has 2 bridgehead atoms. The molecule has 0 radical (unpaired) electrons. The largest absolute Gasteiger partial charge is 0.103 e. The molecule has 0 aromatic heterocycles. The van der Waals surface area contributed by atoms with Crippen molar-refractivity contribution in [2.24, 2.45) is 11.8 Å². The van der Waals surface area contributed by atoms with Gasteiger partial charge in [-0.1, -0.05) is 36.0 Å². The minimum Gasteiger partial charge on any atom is -0.103 e. The lowest BCUT2D eigenvalue weighted by molar-refractivity contribution is 0.585. The minimum atomic E-state index is 0.764. The predicted octanol–water partition coefficient (Wildman–Crippen LogP) is 5.20. The van der Waals surface area contributed by atoms with Gasteiger partial charge in [0.15, 0.2) is 0 Å². The zero-order valence-electron chi connectivity index (χ0n) is 11.0. The van der Waals surface area contributed by atoms with Crippen molar-refractivity contribution in [3.8, 4) is 0 Å². The highest BCUT2D eigenvalue weighted by Crippen LogP contribution is 2.42. The van der Waals surface area contributed by atoms with E-state index in [-0.39, 0.29) is 0 Å². The van der Waals surface area contributed by atoms with Gasteiger partial charge in [0.2, 0.25) is 0 Å². The number of hydrogen-bond acceptors (Lipinski definition) is 0. The van der Waals surface area contributed by atoms with Crippen molar-refractivity contribution in [3.63, 3.8) is 0 Å². The fourth-order valence-electron chi connectivity index (χ4n) is 3.00. The van der Waals surface area contributed by atoms with E-state index in [0.29, 0.717) is 0 Å². The van der Waals surface area contributed by atoms with Crippen LogP contribution in [-0.4, -0.2) is 0 Å². The Labute approximate surface area is 106 Å². The summed E-state index contributed by atoms with van der Waals surface area (Å²) < 4.78 is 0. The SMILES string of the molecule is C/C=C1\C=C2CCC1C2.C=CC1CC=CCC1. The molecule has 17 heavy (non-hydrogen) atoms. The van der Waals surface area contributed by atoms with E-state index in [4.69, 9.17) is 0 Å². The second-order valence-corrected chi connectivity index (χ2v) is 5.31. The van der Waals surface area contributed by atoms with Crippen LogP contribution in [0.25, 0.3) is 0 Å². The summed E-state index contributed by atoms with van der Waals surface area (Å²) in [5, 5.41) is 0. The quantitative estimate of drug-likeness (QED) is 0.541.